The fraction of sp³-hybridized carbons (Fsp3) is 0.727. The molecule has 0 aromatic carbocycles. The van der Waals surface area contributed by atoms with E-state index in [1.165, 1.54) is 6.08 Å². The molecule has 0 bridgehead atoms. The van der Waals surface area contributed by atoms with Crippen LogP contribution in [0.2, 0.25) is 38.8 Å². The lowest BCUT2D eigenvalue weighted by Gasteiger charge is -2.30. The Morgan fingerprint density at radius 3 is 2.39 bits per heavy atom. The van der Waals surface area contributed by atoms with Gasteiger partial charge < -0.3 is 13.0 Å². The molecule has 0 saturated heterocycles. The minimum atomic E-state index is -1.98. The first kappa shape index (κ1) is 17.8. The fourth-order valence-corrected chi connectivity index (χ4v) is 9.89. The molecule has 0 aromatic rings. The van der Waals surface area contributed by atoms with Crippen molar-refractivity contribution >= 4 is 32.6 Å². The monoisotopic (exact) mass is 304 g/mol. The first-order valence-electron chi connectivity index (χ1n) is 6.06. The molecule has 2 radical (unpaired) electrons. The summed E-state index contributed by atoms with van der Waals surface area (Å²) in [6.07, 6.45) is 1.99. The van der Waals surface area contributed by atoms with Gasteiger partial charge in [-0.3, -0.25) is 0 Å². The van der Waals surface area contributed by atoms with E-state index in [1.807, 2.05) is 0 Å². The number of carbonyl (C=O) groups excluding carboxylic acids is 1. The molecule has 0 fully saturated rings. The highest BCUT2D eigenvalue weighted by Crippen LogP contribution is 2.15. The Morgan fingerprint density at radius 1 is 1.28 bits per heavy atom. The molecule has 0 aliphatic carbocycles. The van der Waals surface area contributed by atoms with Gasteiger partial charge in [0, 0.05) is 6.08 Å². The second-order valence-corrected chi connectivity index (χ2v) is 14.8. The Kier molecular flexibility index (Phi) is 7.95. The SMILES string of the molecule is C=CC(=O)OCCC[Si]O[Si](C)(C)O[Si](C)(C)C. The molecule has 0 aliphatic heterocycles. The Bertz CT molecular complexity index is 274. The summed E-state index contributed by atoms with van der Waals surface area (Å²) >= 11 is 0. The van der Waals surface area contributed by atoms with Crippen LogP contribution >= 0.6 is 0 Å². The van der Waals surface area contributed by atoms with Crippen molar-refractivity contribution in [3.63, 3.8) is 0 Å². The highest BCUT2D eigenvalue weighted by atomic mass is 28.5. The van der Waals surface area contributed by atoms with Gasteiger partial charge in [-0.1, -0.05) is 6.58 Å². The molecule has 0 saturated carbocycles. The van der Waals surface area contributed by atoms with Gasteiger partial charge in [-0.2, -0.15) is 0 Å². The minimum Gasteiger partial charge on any atom is -0.463 e. The van der Waals surface area contributed by atoms with Gasteiger partial charge in [-0.25, -0.2) is 4.79 Å². The van der Waals surface area contributed by atoms with Gasteiger partial charge in [0.15, 0.2) is 8.32 Å². The number of carbonyl (C=O) groups is 1. The van der Waals surface area contributed by atoms with E-state index >= 15 is 0 Å². The Labute approximate surface area is 115 Å². The fourth-order valence-electron chi connectivity index (χ4n) is 1.36. The van der Waals surface area contributed by atoms with Gasteiger partial charge in [0.1, 0.15) is 0 Å². The molecule has 0 atom stereocenters. The van der Waals surface area contributed by atoms with E-state index in [4.69, 9.17) is 13.0 Å². The summed E-state index contributed by atoms with van der Waals surface area (Å²) in [4.78, 5) is 10.8. The van der Waals surface area contributed by atoms with Crippen molar-refractivity contribution in [2.45, 2.75) is 45.2 Å². The summed E-state index contributed by atoms with van der Waals surface area (Å²) in [6, 6.07) is 0.899. The van der Waals surface area contributed by atoms with Crippen LogP contribution in [0.25, 0.3) is 0 Å². The van der Waals surface area contributed by atoms with E-state index in [0.717, 1.165) is 12.5 Å². The average molecular weight is 305 g/mol. The van der Waals surface area contributed by atoms with E-state index in [9.17, 15) is 4.79 Å². The van der Waals surface area contributed by atoms with Crippen LogP contribution < -0.4 is 0 Å². The van der Waals surface area contributed by atoms with Crippen molar-refractivity contribution < 1.29 is 17.8 Å². The summed E-state index contributed by atoms with van der Waals surface area (Å²) in [5.74, 6) is -0.365. The summed E-state index contributed by atoms with van der Waals surface area (Å²) in [6.45, 7) is 14.4. The number of esters is 1. The summed E-state index contributed by atoms with van der Waals surface area (Å²) in [5, 5.41) is 0. The van der Waals surface area contributed by atoms with Crippen LogP contribution in [0, 0.1) is 0 Å². The second-order valence-electron chi connectivity index (χ2n) is 5.34. The third kappa shape index (κ3) is 10.9. The number of ether oxygens (including phenoxy) is 1. The molecule has 7 heteroatoms. The van der Waals surface area contributed by atoms with Crippen LogP contribution in [-0.4, -0.2) is 39.2 Å². The number of hydrogen-bond donors (Lipinski definition) is 0. The topological polar surface area (TPSA) is 44.8 Å². The number of hydrogen-bond acceptors (Lipinski definition) is 4. The molecule has 0 heterocycles. The van der Waals surface area contributed by atoms with Crippen molar-refractivity contribution in [1.29, 1.82) is 0 Å². The molecule has 0 amide bonds. The zero-order valence-corrected chi connectivity index (χ0v) is 15.0. The first-order chi connectivity index (χ1) is 8.16. The van der Waals surface area contributed by atoms with Gasteiger partial charge in [-0.15, -0.1) is 0 Å². The average Bonchev–Trinajstić information content (AvgIpc) is 2.19. The quantitative estimate of drug-likeness (QED) is 0.284. The predicted octanol–water partition coefficient (Wildman–Crippen LogP) is 2.71. The van der Waals surface area contributed by atoms with Gasteiger partial charge >= 0.3 is 14.5 Å². The molecule has 0 unspecified atom stereocenters. The minimum absolute atomic E-state index is 0.365. The highest BCUT2D eigenvalue weighted by molar-refractivity contribution is 6.82. The van der Waals surface area contributed by atoms with Crippen LogP contribution in [0.4, 0.5) is 0 Å². The molecule has 0 spiro atoms. The predicted molar refractivity (Wildman–Crippen MR) is 79.3 cm³/mol. The van der Waals surface area contributed by atoms with Crippen LogP contribution in [0.3, 0.4) is 0 Å². The maximum atomic E-state index is 10.8. The van der Waals surface area contributed by atoms with Crippen LogP contribution in [0.15, 0.2) is 12.7 Å². The standard InChI is InChI=1S/C11H24O4Si3/c1-7-11(12)13-9-8-10-16-14-18(5,6)15-17(2,3)4/h7H,1,8-10H2,2-6H3. The molecule has 18 heavy (non-hydrogen) atoms. The van der Waals surface area contributed by atoms with E-state index in [1.54, 1.807) is 0 Å². The zero-order valence-electron chi connectivity index (χ0n) is 12.0. The van der Waals surface area contributed by atoms with Crippen molar-refractivity contribution in [2.24, 2.45) is 0 Å². The van der Waals surface area contributed by atoms with Crippen LogP contribution in [-0.2, 0) is 17.8 Å². The van der Waals surface area contributed by atoms with Gasteiger partial charge in [0.05, 0.1) is 6.61 Å². The molecule has 0 rings (SSSR count). The molecule has 104 valence electrons. The highest BCUT2D eigenvalue weighted by Gasteiger charge is 2.30. The van der Waals surface area contributed by atoms with E-state index in [-0.39, 0.29) is 5.97 Å². The van der Waals surface area contributed by atoms with E-state index in [2.05, 4.69) is 39.3 Å². The van der Waals surface area contributed by atoms with Gasteiger partial charge in [0.25, 0.3) is 0 Å². The van der Waals surface area contributed by atoms with E-state index in [0.29, 0.717) is 16.4 Å². The normalized spacial score (nSPS) is 12.3. The van der Waals surface area contributed by atoms with Crippen LogP contribution in [0.1, 0.15) is 6.42 Å². The van der Waals surface area contributed by atoms with Crippen LogP contribution in [0.5, 0.6) is 0 Å². The summed E-state index contributed by atoms with van der Waals surface area (Å²) in [7, 11) is -3.09. The van der Waals surface area contributed by atoms with Crippen molar-refractivity contribution in [2.75, 3.05) is 6.61 Å². The van der Waals surface area contributed by atoms with Gasteiger partial charge in [0.2, 0.25) is 9.76 Å². The lowest BCUT2D eigenvalue weighted by molar-refractivity contribution is -0.137. The Hall–Kier alpha value is -0.219. The maximum Gasteiger partial charge on any atom is 0.330 e. The third-order valence-electron chi connectivity index (χ3n) is 1.70. The lowest BCUT2D eigenvalue weighted by atomic mass is 10.5. The Morgan fingerprint density at radius 2 is 1.89 bits per heavy atom. The molecule has 0 aliphatic rings. The molecule has 4 nitrogen and oxygen atoms in total. The second kappa shape index (κ2) is 8.05. The summed E-state index contributed by atoms with van der Waals surface area (Å²) < 4.78 is 16.8. The smallest absolute Gasteiger partial charge is 0.330 e. The van der Waals surface area contributed by atoms with Crippen molar-refractivity contribution in [3.05, 3.63) is 12.7 Å². The molecule has 0 aromatic heterocycles. The van der Waals surface area contributed by atoms with E-state index < -0.39 is 16.9 Å². The number of rotatable bonds is 9. The largest absolute Gasteiger partial charge is 0.463 e. The van der Waals surface area contributed by atoms with Gasteiger partial charge in [-0.05, 0) is 45.2 Å². The molecular weight excluding hydrogens is 280 g/mol. The first-order valence-corrected chi connectivity index (χ1v) is 13.4. The molecule has 0 N–H and O–H groups in total. The Balaban J connectivity index is 3.65. The van der Waals surface area contributed by atoms with Crippen molar-refractivity contribution in [3.8, 4) is 0 Å². The maximum absolute atomic E-state index is 10.8. The third-order valence-corrected chi connectivity index (χ3v) is 9.22. The zero-order chi connectivity index (χ0) is 14.2. The lowest BCUT2D eigenvalue weighted by Crippen LogP contribution is -2.45. The summed E-state index contributed by atoms with van der Waals surface area (Å²) in [5.41, 5.74) is 0. The van der Waals surface area contributed by atoms with Crippen molar-refractivity contribution in [1.82, 2.24) is 0 Å². The molecular formula is C11H24O4Si3.